The molecule has 0 unspecified atom stereocenters. The molecule has 2 aromatic carbocycles. The van der Waals surface area contributed by atoms with E-state index in [1.54, 1.807) is 12.2 Å². The Morgan fingerprint density at radius 2 is 1.00 bits per heavy atom. The van der Waals surface area contributed by atoms with E-state index in [-0.39, 0.29) is 5.78 Å². The summed E-state index contributed by atoms with van der Waals surface area (Å²) in [4.78, 5) is 12.0. The Balaban J connectivity index is 1.96. The Kier molecular flexibility index (Phi) is 6.31. The molecule has 0 saturated carbocycles. The van der Waals surface area contributed by atoms with Gasteiger partial charge in [-0.3, -0.25) is 4.79 Å². The average Bonchev–Trinajstić information content (AvgIpc) is 2.58. The van der Waals surface area contributed by atoms with E-state index in [1.807, 2.05) is 36.4 Å². The number of carbonyl (C=O) groups is 1. The maximum absolute atomic E-state index is 12.0. The van der Waals surface area contributed by atoms with Crippen LogP contribution in [0.5, 0.6) is 0 Å². The highest BCUT2D eigenvalue weighted by Gasteiger charge is 1.99. The summed E-state index contributed by atoms with van der Waals surface area (Å²) in [5.74, 6) is 1.04. The lowest BCUT2D eigenvalue weighted by Crippen LogP contribution is -1.88. The van der Waals surface area contributed by atoms with Crippen LogP contribution in [-0.4, -0.2) is 5.78 Å². The fourth-order valence-corrected chi connectivity index (χ4v) is 2.40. The maximum Gasteiger partial charge on any atom is 0.178 e. The van der Waals surface area contributed by atoms with E-state index in [1.165, 1.54) is 11.1 Å². The molecule has 0 bridgehead atoms. The molecule has 0 radical (unpaired) electrons. The normalized spacial score (nSPS) is 11.9. The van der Waals surface area contributed by atoms with Crippen molar-refractivity contribution in [3.8, 4) is 0 Å². The van der Waals surface area contributed by atoms with Crippen LogP contribution in [0.3, 0.4) is 0 Å². The lowest BCUT2D eigenvalue weighted by molar-refractivity contribution is -0.110. The van der Waals surface area contributed by atoms with E-state index >= 15 is 0 Å². The second kappa shape index (κ2) is 8.44. The third kappa shape index (κ3) is 5.34. The molecule has 0 atom stereocenters. The highest BCUT2D eigenvalue weighted by molar-refractivity contribution is 6.04. The van der Waals surface area contributed by atoms with Gasteiger partial charge in [-0.1, -0.05) is 88.4 Å². The Bertz CT molecular complexity index is 650. The molecule has 1 nitrogen and oxygen atoms in total. The molecule has 0 N–H and O–H groups in total. The van der Waals surface area contributed by atoms with Gasteiger partial charge in [-0.05, 0) is 46.2 Å². The molecule has 0 aliphatic carbocycles. The number of rotatable bonds is 6. The van der Waals surface area contributed by atoms with Gasteiger partial charge >= 0.3 is 0 Å². The molecule has 0 aliphatic heterocycles. The third-order valence-corrected chi connectivity index (χ3v) is 4.09. The van der Waals surface area contributed by atoms with Crippen LogP contribution in [0.25, 0.3) is 12.2 Å². The van der Waals surface area contributed by atoms with Crippen LogP contribution in [0, 0.1) is 0 Å². The molecule has 0 spiro atoms. The first-order valence-electron chi connectivity index (χ1n) is 8.55. The summed E-state index contributed by atoms with van der Waals surface area (Å²) >= 11 is 0. The predicted molar refractivity (Wildman–Crippen MR) is 104 cm³/mol. The number of ketones is 1. The number of benzene rings is 2. The van der Waals surface area contributed by atoms with Crippen LogP contribution in [0.15, 0.2) is 60.7 Å². The van der Waals surface area contributed by atoms with Crippen molar-refractivity contribution in [1.82, 2.24) is 0 Å². The average molecular weight is 318 g/mol. The van der Waals surface area contributed by atoms with Crippen LogP contribution < -0.4 is 0 Å². The summed E-state index contributed by atoms with van der Waals surface area (Å²) < 4.78 is 0. The van der Waals surface area contributed by atoms with Crippen LogP contribution in [-0.2, 0) is 4.79 Å². The Morgan fingerprint density at radius 1 is 0.667 bits per heavy atom. The summed E-state index contributed by atoms with van der Waals surface area (Å²) in [5, 5.41) is 0. The molecule has 1 heteroatoms. The van der Waals surface area contributed by atoms with Crippen molar-refractivity contribution < 1.29 is 4.79 Å². The summed E-state index contributed by atoms with van der Waals surface area (Å²) in [7, 11) is 0. The van der Waals surface area contributed by atoms with Gasteiger partial charge in [0, 0.05) is 0 Å². The quantitative estimate of drug-likeness (QED) is 0.577. The van der Waals surface area contributed by atoms with E-state index in [9.17, 15) is 4.79 Å². The molecule has 0 aliphatic rings. The van der Waals surface area contributed by atoms with Crippen LogP contribution in [0.1, 0.15) is 61.8 Å². The molecule has 0 saturated heterocycles. The predicted octanol–water partition coefficient (Wildman–Crippen LogP) is 6.23. The van der Waals surface area contributed by atoms with Gasteiger partial charge in [0.15, 0.2) is 5.78 Å². The van der Waals surface area contributed by atoms with Crippen LogP contribution >= 0.6 is 0 Å². The monoisotopic (exact) mass is 318 g/mol. The van der Waals surface area contributed by atoms with E-state index in [2.05, 4.69) is 52.0 Å². The van der Waals surface area contributed by atoms with Crippen molar-refractivity contribution in [2.75, 3.05) is 0 Å². The highest BCUT2D eigenvalue weighted by Crippen LogP contribution is 2.16. The fraction of sp³-hybridized carbons (Fsp3) is 0.261. The molecule has 0 fully saturated rings. The number of allylic oxidation sites excluding steroid dienone is 2. The van der Waals surface area contributed by atoms with E-state index in [0.717, 1.165) is 11.1 Å². The van der Waals surface area contributed by atoms with Crippen molar-refractivity contribution in [3.63, 3.8) is 0 Å². The van der Waals surface area contributed by atoms with Crippen molar-refractivity contribution in [2.45, 2.75) is 39.5 Å². The van der Waals surface area contributed by atoms with Gasteiger partial charge < -0.3 is 0 Å². The van der Waals surface area contributed by atoms with Crippen LogP contribution in [0.2, 0.25) is 0 Å². The van der Waals surface area contributed by atoms with Gasteiger partial charge in [0.05, 0.1) is 0 Å². The minimum absolute atomic E-state index is 0.00382. The topological polar surface area (TPSA) is 17.1 Å². The minimum atomic E-state index is -0.00382. The zero-order valence-corrected chi connectivity index (χ0v) is 15.0. The highest BCUT2D eigenvalue weighted by atomic mass is 16.1. The summed E-state index contributed by atoms with van der Waals surface area (Å²) in [5.41, 5.74) is 4.70. The SMILES string of the molecule is CC(C)c1ccc(/C=C/C(=O)/C=C/c2ccc(C(C)C)cc2)cc1. The zero-order chi connectivity index (χ0) is 17.5. The Hall–Kier alpha value is -2.41. The van der Waals surface area contributed by atoms with Crippen molar-refractivity contribution in [1.29, 1.82) is 0 Å². The summed E-state index contributed by atoms with van der Waals surface area (Å²) in [6, 6.07) is 16.6. The van der Waals surface area contributed by atoms with Gasteiger partial charge in [0.2, 0.25) is 0 Å². The molecule has 0 aromatic heterocycles. The second-order valence-corrected chi connectivity index (χ2v) is 6.71. The standard InChI is InChI=1S/C23H26O/c1-17(2)21-11-5-19(6-12-21)9-15-23(24)16-10-20-7-13-22(14-8-20)18(3)4/h5-18H,1-4H3/b15-9+,16-10+. The summed E-state index contributed by atoms with van der Waals surface area (Å²) in [6.45, 7) is 8.69. The smallest absolute Gasteiger partial charge is 0.178 e. The first kappa shape index (κ1) is 17.9. The summed E-state index contributed by atoms with van der Waals surface area (Å²) in [6.07, 6.45) is 6.95. The minimum Gasteiger partial charge on any atom is -0.290 e. The first-order chi connectivity index (χ1) is 11.5. The van der Waals surface area contributed by atoms with Crippen molar-refractivity contribution in [2.24, 2.45) is 0 Å². The van der Waals surface area contributed by atoms with Gasteiger partial charge in [0.1, 0.15) is 0 Å². The number of hydrogen-bond acceptors (Lipinski definition) is 1. The van der Waals surface area contributed by atoms with Crippen LogP contribution in [0.4, 0.5) is 0 Å². The molecule has 2 aromatic rings. The lowest BCUT2D eigenvalue weighted by Gasteiger charge is -2.04. The molecule has 2 rings (SSSR count). The maximum atomic E-state index is 12.0. The Labute approximate surface area is 145 Å². The lowest BCUT2D eigenvalue weighted by atomic mass is 10.0. The van der Waals surface area contributed by atoms with Gasteiger partial charge in [-0.15, -0.1) is 0 Å². The van der Waals surface area contributed by atoms with Gasteiger partial charge in [0.25, 0.3) is 0 Å². The number of hydrogen-bond donors (Lipinski definition) is 0. The third-order valence-electron chi connectivity index (χ3n) is 4.09. The van der Waals surface area contributed by atoms with Crippen molar-refractivity contribution >= 4 is 17.9 Å². The molecule has 0 amide bonds. The molecule has 24 heavy (non-hydrogen) atoms. The van der Waals surface area contributed by atoms with E-state index < -0.39 is 0 Å². The molecule has 0 heterocycles. The fourth-order valence-electron chi connectivity index (χ4n) is 2.40. The zero-order valence-electron chi connectivity index (χ0n) is 15.0. The molecular weight excluding hydrogens is 292 g/mol. The van der Waals surface area contributed by atoms with Gasteiger partial charge in [-0.2, -0.15) is 0 Å². The number of carbonyl (C=O) groups excluding carboxylic acids is 1. The molecule has 124 valence electrons. The molecular formula is C23H26O. The van der Waals surface area contributed by atoms with Crippen molar-refractivity contribution in [3.05, 3.63) is 82.9 Å². The van der Waals surface area contributed by atoms with E-state index in [0.29, 0.717) is 11.8 Å². The first-order valence-corrected chi connectivity index (χ1v) is 8.55. The largest absolute Gasteiger partial charge is 0.290 e. The van der Waals surface area contributed by atoms with Gasteiger partial charge in [-0.25, -0.2) is 0 Å². The van der Waals surface area contributed by atoms with E-state index in [4.69, 9.17) is 0 Å². The Morgan fingerprint density at radius 3 is 1.29 bits per heavy atom. The second-order valence-electron chi connectivity index (χ2n) is 6.71.